The number of nitrogens with zero attached hydrogens (tertiary/aromatic N) is 1. The number of ether oxygens (including phenoxy) is 5. The van der Waals surface area contributed by atoms with Crippen molar-refractivity contribution in [1.82, 2.24) is 4.90 Å². The van der Waals surface area contributed by atoms with Gasteiger partial charge in [0.15, 0.2) is 0 Å². The molecule has 2 aliphatic heterocycles. The molecule has 0 aromatic heterocycles. The second-order valence-corrected chi connectivity index (χ2v) is 11.4. The number of aliphatic hydroxyl groups is 1. The maximum Gasteiger partial charge on any atom is 0.410 e. The number of likely N-dealkylation sites (tertiary alicyclic amines) is 1. The average molecular weight is 568 g/mol. The first-order valence-corrected chi connectivity index (χ1v) is 14.3. The maximum absolute atomic E-state index is 13.5. The summed E-state index contributed by atoms with van der Waals surface area (Å²) >= 11 is 0. The summed E-state index contributed by atoms with van der Waals surface area (Å²) in [5, 5.41) is 11.9. The second kappa shape index (κ2) is 13.8. The zero-order valence-electron chi connectivity index (χ0n) is 24.1. The third-order valence-corrected chi connectivity index (χ3v) is 7.07. The van der Waals surface area contributed by atoms with Gasteiger partial charge in [0.25, 0.3) is 0 Å². The van der Waals surface area contributed by atoms with Gasteiger partial charge >= 0.3 is 12.1 Å². The Labute approximate surface area is 242 Å². The van der Waals surface area contributed by atoms with Gasteiger partial charge in [0.05, 0.1) is 13.2 Å². The number of hydrogen-bond donors (Lipinski definition) is 1. The number of hydrogen-bond acceptors (Lipinski definition) is 8. The van der Waals surface area contributed by atoms with Crippen molar-refractivity contribution in [2.75, 3.05) is 26.3 Å². The predicted octanol–water partition coefficient (Wildman–Crippen LogP) is 5.51. The lowest BCUT2D eigenvalue weighted by molar-refractivity contribution is -0.164. The maximum atomic E-state index is 13.5. The molecule has 1 unspecified atom stereocenters. The number of benzene rings is 2. The fraction of sp³-hybridized carbons (Fsp3) is 0.500. The van der Waals surface area contributed by atoms with Crippen molar-refractivity contribution in [3.63, 3.8) is 0 Å². The molecule has 1 atom stereocenters. The SMILES string of the molecule is CC(C)(C)OC(=O)N1CCC(COC(=O)C(O)(c2ccccc2)c2cccc(OCCCCC3OC=CO3)c2)CC1. The van der Waals surface area contributed by atoms with Crippen LogP contribution >= 0.6 is 0 Å². The minimum atomic E-state index is -2.01. The van der Waals surface area contributed by atoms with Crippen LogP contribution in [0.1, 0.15) is 64.0 Å². The lowest BCUT2D eigenvalue weighted by Crippen LogP contribution is -2.43. The van der Waals surface area contributed by atoms with E-state index in [-0.39, 0.29) is 24.9 Å². The van der Waals surface area contributed by atoms with Crippen molar-refractivity contribution in [3.05, 3.63) is 78.2 Å². The van der Waals surface area contributed by atoms with Crippen LogP contribution in [0.4, 0.5) is 4.79 Å². The molecule has 2 heterocycles. The molecule has 0 saturated carbocycles. The Bertz CT molecular complexity index is 1160. The van der Waals surface area contributed by atoms with Crippen LogP contribution in [0.2, 0.25) is 0 Å². The van der Waals surface area contributed by atoms with Gasteiger partial charge in [0.2, 0.25) is 11.9 Å². The van der Waals surface area contributed by atoms with E-state index >= 15 is 0 Å². The van der Waals surface area contributed by atoms with Gasteiger partial charge in [-0.05, 0) is 70.1 Å². The van der Waals surface area contributed by atoms with E-state index < -0.39 is 17.2 Å². The Morgan fingerprint density at radius 3 is 2.32 bits per heavy atom. The molecule has 41 heavy (non-hydrogen) atoms. The van der Waals surface area contributed by atoms with Gasteiger partial charge in [-0.3, -0.25) is 0 Å². The van der Waals surface area contributed by atoms with Crippen LogP contribution in [0.25, 0.3) is 0 Å². The van der Waals surface area contributed by atoms with E-state index in [1.165, 1.54) is 0 Å². The number of esters is 1. The predicted molar refractivity (Wildman–Crippen MR) is 152 cm³/mol. The van der Waals surface area contributed by atoms with E-state index in [4.69, 9.17) is 23.7 Å². The Balaban J connectivity index is 1.35. The molecule has 1 fully saturated rings. The number of carbonyl (C=O) groups excluding carboxylic acids is 2. The fourth-order valence-corrected chi connectivity index (χ4v) is 4.81. The van der Waals surface area contributed by atoms with Crippen molar-refractivity contribution in [3.8, 4) is 5.75 Å². The molecule has 9 heteroatoms. The molecule has 1 N–H and O–H groups in total. The molecule has 0 aliphatic carbocycles. The number of piperidine rings is 1. The number of carbonyl (C=O) groups is 2. The Morgan fingerprint density at radius 1 is 0.951 bits per heavy atom. The molecule has 0 radical (unpaired) electrons. The molecule has 4 rings (SSSR count). The summed E-state index contributed by atoms with van der Waals surface area (Å²) in [4.78, 5) is 27.6. The van der Waals surface area contributed by atoms with Crippen LogP contribution in [-0.4, -0.2) is 60.3 Å². The first kappa shape index (κ1) is 30.2. The number of unbranched alkanes of at least 4 members (excludes halogenated alkanes) is 1. The zero-order chi connectivity index (χ0) is 29.3. The molecule has 0 spiro atoms. The normalized spacial score (nSPS) is 17.3. The Hall–Kier alpha value is -3.72. The summed E-state index contributed by atoms with van der Waals surface area (Å²) in [6, 6.07) is 15.7. The monoisotopic (exact) mass is 567 g/mol. The average Bonchev–Trinajstić information content (AvgIpc) is 3.49. The highest BCUT2D eigenvalue weighted by atomic mass is 16.7. The first-order valence-electron chi connectivity index (χ1n) is 14.3. The summed E-state index contributed by atoms with van der Waals surface area (Å²) in [6.45, 7) is 7.20. The molecule has 2 aliphatic rings. The van der Waals surface area contributed by atoms with Gasteiger partial charge in [0, 0.05) is 25.1 Å². The van der Waals surface area contributed by atoms with Crippen molar-refractivity contribution in [2.24, 2.45) is 5.92 Å². The molecular weight excluding hydrogens is 526 g/mol. The van der Waals surface area contributed by atoms with Crippen molar-refractivity contribution in [1.29, 1.82) is 0 Å². The van der Waals surface area contributed by atoms with Crippen molar-refractivity contribution < 1.29 is 38.4 Å². The second-order valence-electron chi connectivity index (χ2n) is 11.4. The summed E-state index contributed by atoms with van der Waals surface area (Å²) in [5.41, 5.74) is -1.79. The molecule has 222 valence electrons. The van der Waals surface area contributed by atoms with Crippen LogP contribution in [0, 0.1) is 5.92 Å². The summed E-state index contributed by atoms with van der Waals surface area (Å²) in [7, 11) is 0. The smallest absolute Gasteiger partial charge is 0.410 e. The van der Waals surface area contributed by atoms with Gasteiger partial charge in [-0.2, -0.15) is 0 Å². The van der Waals surface area contributed by atoms with Crippen molar-refractivity contribution in [2.45, 2.75) is 70.4 Å². The quantitative estimate of drug-likeness (QED) is 0.280. The fourth-order valence-electron chi connectivity index (χ4n) is 4.81. The minimum absolute atomic E-state index is 0.0724. The standard InChI is InChI=1S/C32H41NO8/c1-31(2,3)41-30(35)33-17-15-24(16-18-33)23-40-29(34)32(36,25-10-5-4-6-11-25)26-12-9-13-27(22-26)37-19-8-7-14-28-38-20-21-39-28/h4-6,9-13,20-22,24,28,36H,7-8,14-19,23H2,1-3H3. The van der Waals surface area contributed by atoms with E-state index in [0.717, 1.165) is 19.3 Å². The summed E-state index contributed by atoms with van der Waals surface area (Å²) < 4.78 is 27.7. The summed E-state index contributed by atoms with van der Waals surface area (Å²) in [6.07, 6.45) is 6.29. The van der Waals surface area contributed by atoms with E-state index in [1.807, 2.05) is 26.8 Å². The van der Waals surface area contributed by atoms with Crippen LogP contribution in [-0.2, 0) is 29.3 Å². The lowest BCUT2D eigenvalue weighted by atomic mass is 9.86. The molecule has 1 amide bonds. The first-order chi connectivity index (χ1) is 19.6. The van der Waals surface area contributed by atoms with E-state index in [1.54, 1.807) is 66.0 Å². The topological polar surface area (TPSA) is 104 Å². The van der Waals surface area contributed by atoms with Gasteiger partial charge in [-0.25, -0.2) is 9.59 Å². The van der Waals surface area contributed by atoms with Gasteiger partial charge in [0.1, 0.15) is 23.9 Å². The third-order valence-electron chi connectivity index (χ3n) is 7.07. The van der Waals surface area contributed by atoms with E-state index in [0.29, 0.717) is 49.4 Å². The zero-order valence-corrected chi connectivity index (χ0v) is 24.1. The Morgan fingerprint density at radius 2 is 1.63 bits per heavy atom. The molecule has 2 aromatic rings. The van der Waals surface area contributed by atoms with Crippen LogP contribution in [0.3, 0.4) is 0 Å². The molecule has 9 nitrogen and oxygen atoms in total. The van der Waals surface area contributed by atoms with Gasteiger partial charge in [-0.1, -0.05) is 42.5 Å². The van der Waals surface area contributed by atoms with E-state index in [2.05, 4.69) is 0 Å². The molecule has 2 aromatic carbocycles. The van der Waals surface area contributed by atoms with E-state index in [9.17, 15) is 14.7 Å². The van der Waals surface area contributed by atoms with Gasteiger partial charge in [-0.15, -0.1) is 0 Å². The number of rotatable bonds is 11. The van der Waals surface area contributed by atoms with Crippen LogP contribution < -0.4 is 4.74 Å². The van der Waals surface area contributed by atoms with Crippen LogP contribution in [0.5, 0.6) is 5.75 Å². The molecule has 1 saturated heterocycles. The number of amides is 1. The lowest BCUT2D eigenvalue weighted by Gasteiger charge is -2.34. The third kappa shape index (κ3) is 8.39. The van der Waals surface area contributed by atoms with Crippen LogP contribution in [0.15, 0.2) is 67.1 Å². The largest absolute Gasteiger partial charge is 0.494 e. The van der Waals surface area contributed by atoms with Crippen molar-refractivity contribution >= 4 is 12.1 Å². The highest BCUT2D eigenvalue weighted by molar-refractivity contribution is 5.85. The van der Waals surface area contributed by atoms with Gasteiger partial charge < -0.3 is 33.7 Å². The Kier molecular flexibility index (Phi) is 10.2. The minimum Gasteiger partial charge on any atom is -0.494 e. The highest BCUT2D eigenvalue weighted by Gasteiger charge is 2.42. The molecular formula is C32H41NO8. The summed E-state index contributed by atoms with van der Waals surface area (Å²) in [5.74, 6) is -0.127. The highest BCUT2D eigenvalue weighted by Crippen LogP contribution is 2.34. The molecule has 0 bridgehead atoms.